The number of urea groups is 1. The Bertz CT molecular complexity index is 549. The van der Waals surface area contributed by atoms with Crippen LogP contribution in [0.5, 0.6) is 5.75 Å². The molecule has 0 heterocycles. The number of benzene rings is 1. The highest BCUT2D eigenvalue weighted by Crippen LogP contribution is 2.21. The number of rotatable bonds is 14. The molecule has 0 aromatic heterocycles. The quantitative estimate of drug-likeness (QED) is 0.331. The van der Waals surface area contributed by atoms with E-state index in [1.165, 1.54) is 50.3 Å². The smallest absolute Gasteiger partial charge is 0.321 e. The Morgan fingerprint density at radius 1 is 0.963 bits per heavy atom. The molecular weight excluding hydrogens is 360 g/mol. The molecule has 0 aliphatic carbocycles. The molecule has 0 radical (unpaired) electrons. The second kappa shape index (κ2) is 14.4. The molecule has 1 rings (SSSR count). The third kappa shape index (κ3) is 10.9. The standard InChI is InChI=1S/C21H34N2O3S/c1-2-3-4-5-6-7-8-9-10-11-20(25)23(21(22)26)16-17-27-19-14-12-18(24)13-15-19/h12-15,24H,2-11,16-17H2,1H3,(H2,22,26). The SMILES string of the molecule is CCCCCCCCCCCC(=O)N(CCSc1ccc(O)cc1)C(N)=O. The first-order chi connectivity index (χ1) is 13.0. The molecule has 0 fully saturated rings. The van der Waals surface area contributed by atoms with Crippen LogP contribution in [0.15, 0.2) is 29.2 Å². The van der Waals surface area contributed by atoms with Crippen molar-refractivity contribution in [3.63, 3.8) is 0 Å². The topological polar surface area (TPSA) is 83.6 Å². The Balaban J connectivity index is 2.18. The summed E-state index contributed by atoms with van der Waals surface area (Å²) in [4.78, 5) is 26.0. The fraction of sp³-hybridized carbons (Fsp3) is 0.619. The van der Waals surface area contributed by atoms with Gasteiger partial charge in [0.15, 0.2) is 0 Å². The highest BCUT2D eigenvalue weighted by Gasteiger charge is 2.17. The van der Waals surface area contributed by atoms with Gasteiger partial charge in [-0.15, -0.1) is 11.8 Å². The molecule has 0 unspecified atom stereocenters. The van der Waals surface area contributed by atoms with Crippen LogP contribution in [0.1, 0.15) is 71.1 Å². The number of nitrogens with zero attached hydrogens (tertiary/aromatic N) is 1. The lowest BCUT2D eigenvalue weighted by Crippen LogP contribution is -2.41. The van der Waals surface area contributed by atoms with Crippen LogP contribution in [0.4, 0.5) is 4.79 Å². The van der Waals surface area contributed by atoms with Gasteiger partial charge in [0.05, 0.1) is 0 Å². The zero-order valence-corrected chi connectivity index (χ0v) is 17.3. The number of nitrogens with two attached hydrogens (primary N) is 1. The minimum atomic E-state index is -0.678. The molecule has 5 nitrogen and oxygen atoms in total. The molecule has 0 saturated carbocycles. The van der Waals surface area contributed by atoms with Gasteiger partial charge in [0, 0.05) is 23.6 Å². The summed E-state index contributed by atoms with van der Waals surface area (Å²) in [6, 6.07) is 6.16. The van der Waals surface area contributed by atoms with Gasteiger partial charge in [-0.25, -0.2) is 4.79 Å². The van der Waals surface area contributed by atoms with Crippen LogP contribution in [0.2, 0.25) is 0 Å². The van der Waals surface area contributed by atoms with Gasteiger partial charge in [-0.2, -0.15) is 0 Å². The van der Waals surface area contributed by atoms with Crippen molar-refractivity contribution in [2.24, 2.45) is 5.73 Å². The predicted molar refractivity (Wildman–Crippen MR) is 112 cm³/mol. The van der Waals surface area contributed by atoms with Gasteiger partial charge in [0.25, 0.3) is 0 Å². The highest BCUT2D eigenvalue weighted by atomic mass is 32.2. The molecule has 27 heavy (non-hydrogen) atoms. The van der Waals surface area contributed by atoms with E-state index in [0.29, 0.717) is 18.7 Å². The number of aromatic hydroxyl groups is 1. The number of phenolic OH excluding ortho intramolecular Hbond substituents is 1. The van der Waals surface area contributed by atoms with Crippen LogP contribution >= 0.6 is 11.8 Å². The minimum absolute atomic E-state index is 0.184. The highest BCUT2D eigenvalue weighted by molar-refractivity contribution is 7.99. The average Bonchev–Trinajstić information content (AvgIpc) is 2.65. The Hall–Kier alpha value is -1.69. The maximum absolute atomic E-state index is 12.3. The van der Waals surface area contributed by atoms with Crippen molar-refractivity contribution in [1.29, 1.82) is 0 Å². The van der Waals surface area contributed by atoms with E-state index >= 15 is 0 Å². The van der Waals surface area contributed by atoms with Gasteiger partial charge in [-0.05, 0) is 30.7 Å². The van der Waals surface area contributed by atoms with Crippen molar-refractivity contribution in [2.45, 2.75) is 76.0 Å². The third-order valence-electron chi connectivity index (χ3n) is 4.48. The number of thioether (sulfide) groups is 1. The van der Waals surface area contributed by atoms with E-state index in [1.807, 2.05) is 0 Å². The van der Waals surface area contributed by atoms with Crippen LogP contribution < -0.4 is 5.73 Å². The normalized spacial score (nSPS) is 10.7. The number of carbonyl (C=O) groups is 2. The zero-order valence-electron chi connectivity index (χ0n) is 16.5. The van der Waals surface area contributed by atoms with Gasteiger partial charge in [0.2, 0.25) is 5.91 Å². The van der Waals surface area contributed by atoms with Crippen LogP contribution in [-0.2, 0) is 4.79 Å². The molecule has 3 N–H and O–H groups in total. The molecule has 0 bridgehead atoms. The molecule has 1 aromatic rings. The molecule has 0 saturated heterocycles. The summed E-state index contributed by atoms with van der Waals surface area (Å²) >= 11 is 1.52. The van der Waals surface area contributed by atoms with Gasteiger partial charge >= 0.3 is 6.03 Å². The van der Waals surface area contributed by atoms with E-state index in [9.17, 15) is 14.7 Å². The van der Waals surface area contributed by atoms with E-state index in [2.05, 4.69) is 6.92 Å². The molecular formula is C21H34N2O3S. The first-order valence-electron chi connectivity index (χ1n) is 10.1. The Labute approximate surface area is 167 Å². The van der Waals surface area contributed by atoms with Crippen LogP contribution in [0, 0.1) is 0 Å². The molecule has 1 aromatic carbocycles. The molecule has 0 aliphatic heterocycles. The molecule has 0 aliphatic rings. The number of hydrogen-bond donors (Lipinski definition) is 2. The average molecular weight is 395 g/mol. The summed E-state index contributed by atoms with van der Waals surface area (Å²) in [7, 11) is 0. The number of hydrogen-bond acceptors (Lipinski definition) is 4. The van der Waals surface area contributed by atoms with E-state index in [-0.39, 0.29) is 11.7 Å². The fourth-order valence-electron chi connectivity index (χ4n) is 2.88. The summed E-state index contributed by atoms with van der Waals surface area (Å²) < 4.78 is 0. The fourth-order valence-corrected chi connectivity index (χ4v) is 3.71. The number of primary amides is 1. The maximum Gasteiger partial charge on any atom is 0.321 e. The van der Waals surface area contributed by atoms with Crippen LogP contribution in [-0.4, -0.2) is 34.2 Å². The van der Waals surface area contributed by atoms with Crippen molar-refractivity contribution in [2.75, 3.05) is 12.3 Å². The Morgan fingerprint density at radius 3 is 2.07 bits per heavy atom. The predicted octanol–water partition coefficient (Wildman–Crippen LogP) is 5.31. The van der Waals surface area contributed by atoms with Crippen molar-refractivity contribution < 1.29 is 14.7 Å². The number of carbonyl (C=O) groups excluding carboxylic acids is 2. The summed E-state index contributed by atoms with van der Waals surface area (Å²) in [5.41, 5.74) is 5.37. The zero-order chi connectivity index (χ0) is 19.9. The first-order valence-corrected chi connectivity index (χ1v) is 11.0. The molecule has 3 amide bonds. The second-order valence-electron chi connectivity index (χ2n) is 6.80. The summed E-state index contributed by atoms with van der Waals surface area (Å²) in [6.45, 7) is 2.52. The number of unbranched alkanes of at least 4 members (excludes halogenated alkanes) is 8. The molecule has 152 valence electrons. The summed E-state index contributed by atoms with van der Waals surface area (Å²) in [5.74, 6) is 0.614. The van der Waals surface area contributed by atoms with Crippen molar-refractivity contribution in [1.82, 2.24) is 4.90 Å². The molecule has 6 heteroatoms. The maximum atomic E-state index is 12.3. The van der Waals surface area contributed by atoms with E-state index < -0.39 is 6.03 Å². The van der Waals surface area contributed by atoms with Crippen LogP contribution in [0.25, 0.3) is 0 Å². The lowest BCUT2D eigenvalue weighted by Gasteiger charge is -2.18. The van der Waals surface area contributed by atoms with Crippen molar-refractivity contribution in [3.8, 4) is 5.75 Å². The monoisotopic (exact) mass is 394 g/mol. The number of imide groups is 1. The largest absolute Gasteiger partial charge is 0.508 e. The Kier molecular flexibility index (Phi) is 12.4. The number of phenols is 1. The molecule has 0 spiro atoms. The van der Waals surface area contributed by atoms with Gasteiger partial charge in [-0.1, -0.05) is 58.3 Å². The lowest BCUT2D eigenvalue weighted by molar-refractivity contribution is -0.128. The van der Waals surface area contributed by atoms with E-state index in [4.69, 9.17) is 5.73 Å². The second-order valence-corrected chi connectivity index (χ2v) is 7.97. The summed E-state index contributed by atoms with van der Waals surface area (Å²) in [5, 5.41) is 9.28. The lowest BCUT2D eigenvalue weighted by atomic mass is 10.1. The van der Waals surface area contributed by atoms with Crippen molar-refractivity contribution in [3.05, 3.63) is 24.3 Å². The van der Waals surface area contributed by atoms with Gasteiger partial charge < -0.3 is 10.8 Å². The van der Waals surface area contributed by atoms with Crippen molar-refractivity contribution >= 4 is 23.7 Å². The third-order valence-corrected chi connectivity index (χ3v) is 5.47. The Morgan fingerprint density at radius 2 is 1.52 bits per heavy atom. The minimum Gasteiger partial charge on any atom is -0.508 e. The van der Waals surface area contributed by atoms with Gasteiger partial charge in [-0.3, -0.25) is 9.69 Å². The van der Waals surface area contributed by atoms with E-state index in [1.54, 1.807) is 24.3 Å². The molecule has 0 atom stereocenters. The van der Waals surface area contributed by atoms with E-state index in [0.717, 1.165) is 29.1 Å². The summed E-state index contributed by atoms with van der Waals surface area (Å²) in [6.07, 6.45) is 11.1. The first kappa shape index (κ1) is 23.3. The van der Waals surface area contributed by atoms with Crippen LogP contribution in [0.3, 0.4) is 0 Å². The van der Waals surface area contributed by atoms with Gasteiger partial charge in [0.1, 0.15) is 5.75 Å². The number of amides is 3.